The number of thioether (sulfide) groups is 1. The summed E-state index contributed by atoms with van der Waals surface area (Å²) in [6.07, 6.45) is 0. The van der Waals surface area contributed by atoms with Gasteiger partial charge in [0.15, 0.2) is 0 Å². The van der Waals surface area contributed by atoms with Crippen LogP contribution in [0.1, 0.15) is 0 Å². The quantitative estimate of drug-likeness (QED) is 0.644. The van der Waals surface area contributed by atoms with Gasteiger partial charge in [-0.05, 0) is 0 Å². The molecule has 2 rings (SSSR count). The molecule has 6 heteroatoms. The van der Waals surface area contributed by atoms with Gasteiger partial charge in [-0.2, -0.15) is 0 Å². The second-order valence-corrected chi connectivity index (χ2v) is 5.01. The molecule has 0 spiro atoms. The Kier molecular flexibility index (Phi) is 4.20. The van der Waals surface area contributed by atoms with E-state index in [4.69, 9.17) is 0 Å². The highest BCUT2D eigenvalue weighted by Crippen LogP contribution is 2.11. The summed E-state index contributed by atoms with van der Waals surface area (Å²) in [5.74, 6) is 0.841. The van der Waals surface area contributed by atoms with Gasteiger partial charge in [0.25, 0.3) is 0 Å². The molecule has 0 aliphatic carbocycles. The Labute approximate surface area is 99.5 Å². The third-order valence-corrected chi connectivity index (χ3v) is 3.80. The van der Waals surface area contributed by atoms with Gasteiger partial charge in [-0.1, -0.05) is 0 Å². The van der Waals surface area contributed by atoms with Gasteiger partial charge in [0, 0.05) is 39.3 Å². The normalized spacial score (nSPS) is 23.9. The number of nitrogens with zero attached hydrogens (tertiary/aromatic N) is 2. The van der Waals surface area contributed by atoms with Crippen LogP contribution in [-0.4, -0.2) is 72.4 Å². The van der Waals surface area contributed by atoms with Crippen molar-refractivity contribution in [3.05, 3.63) is 0 Å². The molecule has 2 saturated heterocycles. The van der Waals surface area contributed by atoms with Crippen LogP contribution in [0.2, 0.25) is 0 Å². The fraction of sp³-hybridized carbons (Fsp3) is 0.800. The summed E-state index contributed by atoms with van der Waals surface area (Å²) >= 11 is 1.41. The van der Waals surface area contributed by atoms with Crippen molar-refractivity contribution in [2.45, 2.75) is 0 Å². The number of nitrogens with one attached hydrogen (secondary N) is 1. The molecule has 0 aromatic carbocycles. The van der Waals surface area contributed by atoms with E-state index in [1.165, 1.54) is 16.7 Å². The van der Waals surface area contributed by atoms with Crippen molar-refractivity contribution in [1.29, 1.82) is 0 Å². The van der Waals surface area contributed by atoms with Gasteiger partial charge in [0.05, 0.1) is 11.5 Å². The van der Waals surface area contributed by atoms with E-state index in [2.05, 4.69) is 10.2 Å². The second-order valence-electron chi connectivity index (χ2n) is 4.02. The van der Waals surface area contributed by atoms with Crippen LogP contribution in [-0.2, 0) is 9.59 Å². The number of amides is 2. The number of hydrogen-bond acceptors (Lipinski definition) is 5. The fourth-order valence-electron chi connectivity index (χ4n) is 1.95. The highest BCUT2D eigenvalue weighted by atomic mass is 32.2. The first kappa shape index (κ1) is 11.9. The van der Waals surface area contributed by atoms with E-state index in [0.29, 0.717) is 18.1 Å². The van der Waals surface area contributed by atoms with Crippen molar-refractivity contribution in [2.75, 3.05) is 50.8 Å². The maximum Gasteiger partial charge on any atom is 0.239 e. The minimum Gasteiger partial charge on any atom is -0.314 e. The average molecular weight is 243 g/mol. The van der Waals surface area contributed by atoms with E-state index >= 15 is 0 Å². The summed E-state index contributed by atoms with van der Waals surface area (Å²) in [4.78, 5) is 26.8. The maximum absolute atomic E-state index is 11.5. The molecule has 0 unspecified atom stereocenters. The Balaban J connectivity index is 1.78. The Hall–Kier alpha value is -0.590. The highest BCUT2D eigenvalue weighted by molar-refractivity contribution is 8.00. The van der Waals surface area contributed by atoms with Gasteiger partial charge in [0.2, 0.25) is 11.8 Å². The van der Waals surface area contributed by atoms with Gasteiger partial charge in [-0.3, -0.25) is 19.4 Å². The van der Waals surface area contributed by atoms with Crippen molar-refractivity contribution < 1.29 is 9.59 Å². The molecule has 0 atom stereocenters. The van der Waals surface area contributed by atoms with Crippen LogP contribution in [0, 0.1) is 0 Å². The lowest BCUT2D eigenvalue weighted by Gasteiger charge is -2.30. The van der Waals surface area contributed by atoms with E-state index < -0.39 is 0 Å². The molecular weight excluding hydrogens is 226 g/mol. The van der Waals surface area contributed by atoms with Crippen LogP contribution < -0.4 is 5.32 Å². The number of carbonyl (C=O) groups excluding carboxylic acids is 2. The molecule has 2 amide bonds. The van der Waals surface area contributed by atoms with Crippen molar-refractivity contribution in [2.24, 2.45) is 0 Å². The molecule has 0 saturated carbocycles. The van der Waals surface area contributed by atoms with E-state index in [1.807, 2.05) is 0 Å². The zero-order valence-corrected chi connectivity index (χ0v) is 10.1. The van der Waals surface area contributed by atoms with Crippen molar-refractivity contribution in [3.8, 4) is 0 Å². The molecule has 0 bridgehead atoms. The predicted octanol–water partition coefficient (Wildman–Crippen LogP) is -1.01. The number of piperazine rings is 1. The second kappa shape index (κ2) is 5.65. The van der Waals surface area contributed by atoms with Gasteiger partial charge >= 0.3 is 0 Å². The van der Waals surface area contributed by atoms with Crippen LogP contribution in [0.3, 0.4) is 0 Å². The Morgan fingerprint density at radius 3 is 2.31 bits per heavy atom. The molecule has 0 aromatic heterocycles. The molecule has 1 N–H and O–H groups in total. The highest BCUT2D eigenvalue weighted by Gasteiger charge is 2.26. The maximum atomic E-state index is 11.5. The molecule has 2 aliphatic rings. The van der Waals surface area contributed by atoms with E-state index in [0.717, 1.165) is 32.7 Å². The zero-order chi connectivity index (χ0) is 11.4. The molecular formula is C10H17N3O2S. The number of carbonyl (C=O) groups is 2. The minimum atomic E-state index is -0.0311. The molecule has 90 valence electrons. The summed E-state index contributed by atoms with van der Waals surface area (Å²) in [5, 5.41) is 3.28. The van der Waals surface area contributed by atoms with E-state index in [1.54, 1.807) is 0 Å². The molecule has 5 nitrogen and oxygen atoms in total. The predicted molar refractivity (Wildman–Crippen MR) is 63.4 cm³/mol. The summed E-state index contributed by atoms with van der Waals surface area (Å²) in [6, 6.07) is 0. The standard InChI is InChI=1S/C10H17N3O2S/c14-9-7-16-8-10(15)13(9)6-5-12-3-1-11-2-4-12/h11H,1-8H2. The Morgan fingerprint density at radius 2 is 1.69 bits per heavy atom. The fourth-order valence-corrected chi connectivity index (χ4v) is 2.71. The van der Waals surface area contributed by atoms with E-state index in [-0.39, 0.29) is 11.8 Å². The SMILES string of the molecule is O=C1CSCC(=O)N1CCN1CCNCC1. The van der Waals surface area contributed by atoms with Gasteiger partial charge in [-0.25, -0.2) is 0 Å². The Morgan fingerprint density at radius 1 is 1.06 bits per heavy atom. The van der Waals surface area contributed by atoms with Crippen molar-refractivity contribution >= 4 is 23.6 Å². The molecule has 2 aliphatic heterocycles. The topological polar surface area (TPSA) is 52.7 Å². The van der Waals surface area contributed by atoms with Crippen LogP contribution in [0.5, 0.6) is 0 Å². The largest absolute Gasteiger partial charge is 0.314 e. The molecule has 0 aromatic rings. The lowest BCUT2D eigenvalue weighted by atomic mass is 10.3. The summed E-state index contributed by atoms with van der Waals surface area (Å²) in [7, 11) is 0. The van der Waals surface area contributed by atoms with Crippen LogP contribution in [0.15, 0.2) is 0 Å². The molecule has 0 radical (unpaired) electrons. The molecule has 2 heterocycles. The third kappa shape index (κ3) is 2.96. The molecule has 16 heavy (non-hydrogen) atoms. The number of hydrogen-bond donors (Lipinski definition) is 1. The third-order valence-electron chi connectivity index (χ3n) is 2.90. The lowest BCUT2D eigenvalue weighted by molar-refractivity contribution is -0.142. The van der Waals surface area contributed by atoms with Crippen molar-refractivity contribution in [1.82, 2.24) is 15.1 Å². The smallest absolute Gasteiger partial charge is 0.239 e. The number of rotatable bonds is 3. The van der Waals surface area contributed by atoms with Crippen molar-refractivity contribution in [3.63, 3.8) is 0 Å². The molecule has 2 fully saturated rings. The zero-order valence-electron chi connectivity index (χ0n) is 9.28. The Bertz CT molecular complexity index is 263. The van der Waals surface area contributed by atoms with Gasteiger partial charge < -0.3 is 5.32 Å². The average Bonchev–Trinajstić information content (AvgIpc) is 2.30. The number of imide groups is 1. The van der Waals surface area contributed by atoms with Gasteiger partial charge in [0.1, 0.15) is 0 Å². The first-order chi connectivity index (χ1) is 7.77. The summed E-state index contributed by atoms with van der Waals surface area (Å²) in [5.41, 5.74) is 0. The van der Waals surface area contributed by atoms with Crippen LogP contribution >= 0.6 is 11.8 Å². The first-order valence-electron chi connectivity index (χ1n) is 5.61. The van der Waals surface area contributed by atoms with Crippen LogP contribution in [0.4, 0.5) is 0 Å². The summed E-state index contributed by atoms with van der Waals surface area (Å²) < 4.78 is 0. The van der Waals surface area contributed by atoms with E-state index in [9.17, 15) is 9.59 Å². The summed E-state index contributed by atoms with van der Waals surface area (Å²) in [6.45, 7) is 5.37. The first-order valence-corrected chi connectivity index (χ1v) is 6.77. The minimum absolute atomic E-state index is 0.0311. The monoisotopic (exact) mass is 243 g/mol. The van der Waals surface area contributed by atoms with Gasteiger partial charge in [-0.15, -0.1) is 11.8 Å². The lowest BCUT2D eigenvalue weighted by Crippen LogP contribution is -2.50. The van der Waals surface area contributed by atoms with Crippen LogP contribution in [0.25, 0.3) is 0 Å².